The lowest BCUT2D eigenvalue weighted by Crippen LogP contribution is -2.23. The van der Waals surface area contributed by atoms with Crippen LogP contribution in [0.1, 0.15) is 45.6 Å². The highest BCUT2D eigenvalue weighted by Crippen LogP contribution is 2.33. The van der Waals surface area contributed by atoms with Gasteiger partial charge in [-0.15, -0.1) is 0 Å². The van der Waals surface area contributed by atoms with Gasteiger partial charge in [0.15, 0.2) is 11.5 Å². The van der Waals surface area contributed by atoms with E-state index >= 15 is 0 Å². The maximum atomic E-state index is 6.13. The highest BCUT2D eigenvalue weighted by Gasteiger charge is 2.16. The third-order valence-corrected chi connectivity index (χ3v) is 3.48. The van der Waals surface area contributed by atoms with Gasteiger partial charge in [0.25, 0.3) is 0 Å². The summed E-state index contributed by atoms with van der Waals surface area (Å²) in [6.45, 7) is 6.38. The summed E-state index contributed by atoms with van der Waals surface area (Å²) >= 11 is 0. The normalized spacial score (nSPS) is 12.5. The Morgan fingerprint density at radius 3 is 2.32 bits per heavy atom. The summed E-state index contributed by atoms with van der Waals surface area (Å²) in [6.07, 6.45) is 4.00. The number of nitrogens with two attached hydrogens (primary N) is 1. The third-order valence-electron chi connectivity index (χ3n) is 3.48. The van der Waals surface area contributed by atoms with E-state index in [-0.39, 0.29) is 12.1 Å². The molecule has 1 aromatic rings. The molecule has 0 aliphatic carbocycles. The topological polar surface area (TPSA) is 44.5 Å². The Morgan fingerprint density at radius 2 is 1.79 bits per heavy atom. The van der Waals surface area contributed by atoms with E-state index in [0.29, 0.717) is 0 Å². The summed E-state index contributed by atoms with van der Waals surface area (Å²) < 4.78 is 11.6. The Kier molecular flexibility index (Phi) is 6.71. The summed E-state index contributed by atoms with van der Waals surface area (Å²) in [5.74, 6) is 1.66. The lowest BCUT2D eigenvalue weighted by molar-refractivity contribution is 0.182. The summed E-state index contributed by atoms with van der Waals surface area (Å²) in [7, 11) is 1.68. The molecule has 0 saturated heterocycles. The summed E-state index contributed by atoms with van der Waals surface area (Å²) in [6, 6.07) is 6.18. The number of hydrogen-bond donors (Lipinski definition) is 1. The first-order valence-electron chi connectivity index (χ1n) is 7.24. The van der Waals surface area contributed by atoms with E-state index in [0.717, 1.165) is 42.7 Å². The first-order chi connectivity index (χ1) is 9.15. The average molecular weight is 265 g/mol. The number of ether oxygens (including phenoxy) is 2. The Hall–Kier alpha value is -1.22. The van der Waals surface area contributed by atoms with Gasteiger partial charge in [-0.3, -0.25) is 0 Å². The molecule has 0 saturated carbocycles. The summed E-state index contributed by atoms with van der Waals surface area (Å²) in [5, 5.41) is 0. The van der Waals surface area contributed by atoms with Crippen LogP contribution in [0.4, 0.5) is 0 Å². The van der Waals surface area contributed by atoms with Crippen LogP contribution in [0.2, 0.25) is 0 Å². The molecule has 19 heavy (non-hydrogen) atoms. The fourth-order valence-corrected chi connectivity index (χ4v) is 2.07. The standard InChI is InChI=1S/C16H27NO2/c1-5-13(17)11-12-9-8-10-15(18-4)16(12)19-14(6-2)7-3/h8-10,13-14H,5-7,11,17H2,1-4H3. The molecular weight excluding hydrogens is 238 g/mol. The Morgan fingerprint density at radius 1 is 1.11 bits per heavy atom. The fraction of sp³-hybridized carbons (Fsp3) is 0.625. The molecule has 0 fully saturated rings. The summed E-state index contributed by atoms with van der Waals surface area (Å²) in [5.41, 5.74) is 7.20. The second-order valence-corrected chi connectivity index (χ2v) is 4.88. The van der Waals surface area contributed by atoms with Crippen molar-refractivity contribution in [3.63, 3.8) is 0 Å². The average Bonchev–Trinajstić information content (AvgIpc) is 2.45. The third kappa shape index (κ3) is 4.43. The maximum Gasteiger partial charge on any atom is 0.164 e. The van der Waals surface area contributed by atoms with Crippen LogP contribution < -0.4 is 15.2 Å². The minimum Gasteiger partial charge on any atom is -0.493 e. The first kappa shape index (κ1) is 15.8. The van der Waals surface area contributed by atoms with Gasteiger partial charge in [0.05, 0.1) is 13.2 Å². The number of methoxy groups -OCH3 is 1. The van der Waals surface area contributed by atoms with Crippen molar-refractivity contribution in [1.82, 2.24) is 0 Å². The summed E-state index contributed by atoms with van der Waals surface area (Å²) in [4.78, 5) is 0. The smallest absolute Gasteiger partial charge is 0.164 e. The van der Waals surface area contributed by atoms with Crippen molar-refractivity contribution in [2.75, 3.05) is 7.11 Å². The fourth-order valence-electron chi connectivity index (χ4n) is 2.07. The lowest BCUT2D eigenvalue weighted by Gasteiger charge is -2.21. The molecule has 0 aliphatic heterocycles. The van der Waals surface area contributed by atoms with Gasteiger partial charge in [0, 0.05) is 6.04 Å². The molecule has 1 rings (SSSR count). The van der Waals surface area contributed by atoms with Crippen molar-refractivity contribution < 1.29 is 9.47 Å². The van der Waals surface area contributed by atoms with Crippen LogP contribution in [-0.2, 0) is 6.42 Å². The zero-order valence-electron chi connectivity index (χ0n) is 12.6. The molecule has 0 amide bonds. The molecule has 1 unspecified atom stereocenters. The van der Waals surface area contributed by atoms with E-state index in [1.54, 1.807) is 7.11 Å². The van der Waals surface area contributed by atoms with E-state index in [9.17, 15) is 0 Å². The predicted molar refractivity (Wildman–Crippen MR) is 80.0 cm³/mol. The Bertz CT molecular complexity index is 375. The van der Waals surface area contributed by atoms with Crippen LogP contribution >= 0.6 is 0 Å². The van der Waals surface area contributed by atoms with Gasteiger partial charge in [-0.1, -0.05) is 32.9 Å². The van der Waals surface area contributed by atoms with Gasteiger partial charge in [-0.25, -0.2) is 0 Å². The molecule has 3 nitrogen and oxygen atoms in total. The van der Waals surface area contributed by atoms with Crippen molar-refractivity contribution in [2.45, 2.75) is 58.6 Å². The van der Waals surface area contributed by atoms with Gasteiger partial charge >= 0.3 is 0 Å². The molecule has 0 aromatic heterocycles. The SMILES string of the molecule is CCC(N)Cc1cccc(OC)c1OC(CC)CC. The first-order valence-corrected chi connectivity index (χ1v) is 7.24. The molecule has 0 radical (unpaired) electrons. The quantitative estimate of drug-likeness (QED) is 0.782. The van der Waals surface area contributed by atoms with E-state index < -0.39 is 0 Å². The number of rotatable bonds is 8. The van der Waals surface area contributed by atoms with E-state index in [1.807, 2.05) is 12.1 Å². The van der Waals surface area contributed by atoms with Crippen LogP contribution in [-0.4, -0.2) is 19.3 Å². The minimum absolute atomic E-state index is 0.163. The molecule has 0 heterocycles. The van der Waals surface area contributed by atoms with Crippen LogP contribution in [0.25, 0.3) is 0 Å². The molecule has 0 aliphatic rings. The Labute approximate surface area is 117 Å². The zero-order valence-corrected chi connectivity index (χ0v) is 12.6. The van der Waals surface area contributed by atoms with Crippen molar-refractivity contribution in [1.29, 1.82) is 0 Å². The largest absolute Gasteiger partial charge is 0.493 e. The van der Waals surface area contributed by atoms with Crippen molar-refractivity contribution in [2.24, 2.45) is 5.73 Å². The second-order valence-electron chi connectivity index (χ2n) is 4.88. The molecular formula is C16H27NO2. The van der Waals surface area contributed by atoms with Crippen molar-refractivity contribution in [3.8, 4) is 11.5 Å². The van der Waals surface area contributed by atoms with E-state index in [4.69, 9.17) is 15.2 Å². The number of para-hydroxylation sites is 1. The van der Waals surface area contributed by atoms with Gasteiger partial charge in [-0.05, 0) is 37.3 Å². The number of hydrogen-bond acceptors (Lipinski definition) is 3. The van der Waals surface area contributed by atoms with Gasteiger partial charge in [0.2, 0.25) is 0 Å². The lowest BCUT2D eigenvalue weighted by atomic mass is 10.0. The zero-order chi connectivity index (χ0) is 14.3. The Balaban J connectivity index is 3.01. The molecule has 108 valence electrons. The molecule has 2 N–H and O–H groups in total. The van der Waals surface area contributed by atoms with Crippen molar-refractivity contribution >= 4 is 0 Å². The van der Waals surface area contributed by atoms with Gasteiger partial charge in [0.1, 0.15) is 0 Å². The van der Waals surface area contributed by atoms with E-state index in [2.05, 4.69) is 26.8 Å². The van der Waals surface area contributed by atoms with Crippen molar-refractivity contribution in [3.05, 3.63) is 23.8 Å². The van der Waals surface area contributed by atoms with Crippen LogP contribution in [0, 0.1) is 0 Å². The van der Waals surface area contributed by atoms with Crippen LogP contribution in [0.15, 0.2) is 18.2 Å². The highest BCUT2D eigenvalue weighted by atomic mass is 16.5. The highest BCUT2D eigenvalue weighted by molar-refractivity contribution is 5.47. The molecule has 1 aromatic carbocycles. The molecule has 1 atom stereocenters. The van der Waals surface area contributed by atoms with E-state index in [1.165, 1.54) is 0 Å². The minimum atomic E-state index is 0.163. The van der Waals surface area contributed by atoms with Gasteiger partial charge < -0.3 is 15.2 Å². The monoisotopic (exact) mass is 265 g/mol. The molecule has 0 spiro atoms. The van der Waals surface area contributed by atoms with Crippen LogP contribution in [0.3, 0.4) is 0 Å². The van der Waals surface area contributed by atoms with Gasteiger partial charge in [-0.2, -0.15) is 0 Å². The predicted octanol–water partition coefficient (Wildman–Crippen LogP) is 3.54. The second kappa shape index (κ2) is 8.05. The molecule has 0 bridgehead atoms. The number of benzene rings is 1. The van der Waals surface area contributed by atoms with Crippen LogP contribution in [0.5, 0.6) is 11.5 Å². The maximum absolute atomic E-state index is 6.13. The molecule has 3 heteroatoms.